The number of nitrogens with one attached hydrogen (secondary N) is 1. The van der Waals surface area contributed by atoms with Gasteiger partial charge in [-0.2, -0.15) is 0 Å². The van der Waals surface area contributed by atoms with Gasteiger partial charge >= 0.3 is 0 Å². The van der Waals surface area contributed by atoms with Crippen LogP contribution in [0, 0.1) is 0 Å². The van der Waals surface area contributed by atoms with E-state index in [2.05, 4.69) is 12.2 Å². The largest absolute Gasteiger partial charge is 0.377 e. The molecule has 2 heteroatoms. The summed E-state index contributed by atoms with van der Waals surface area (Å²) >= 11 is 0. The maximum atomic E-state index is 5.36. The number of ether oxygens (including phenoxy) is 1. The molecule has 0 spiro atoms. The van der Waals surface area contributed by atoms with Gasteiger partial charge in [0, 0.05) is 19.2 Å². The third-order valence-electron chi connectivity index (χ3n) is 1.72. The molecule has 0 bridgehead atoms. The molecule has 1 unspecified atom stereocenters. The topological polar surface area (TPSA) is 21.3 Å². The first-order valence-electron chi connectivity index (χ1n) is 4.18. The Morgan fingerprint density at radius 1 is 1.60 bits per heavy atom. The fraction of sp³-hybridized carbons (Fsp3) is 1.00. The van der Waals surface area contributed by atoms with Crippen LogP contribution in [-0.2, 0) is 4.74 Å². The molecule has 60 valence electrons. The van der Waals surface area contributed by atoms with Crippen molar-refractivity contribution in [2.45, 2.75) is 38.8 Å². The molecule has 0 radical (unpaired) electrons. The van der Waals surface area contributed by atoms with E-state index in [1.54, 1.807) is 0 Å². The zero-order valence-corrected chi connectivity index (χ0v) is 6.89. The van der Waals surface area contributed by atoms with Crippen LogP contribution in [0.15, 0.2) is 0 Å². The Balaban J connectivity index is 1.89. The van der Waals surface area contributed by atoms with Gasteiger partial charge in [-0.25, -0.2) is 0 Å². The van der Waals surface area contributed by atoms with Crippen molar-refractivity contribution in [2.24, 2.45) is 0 Å². The van der Waals surface area contributed by atoms with Crippen LogP contribution >= 0.6 is 0 Å². The standard InChI is InChI=1S/C8H17NO/c1-3-10-7(2)6-9-8-4-5-8/h7-9H,3-6H2,1-2H3. The molecule has 0 heterocycles. The molecule has 2 nitrogen and oxygen atoms in total. The van der Waals surface area contributed by atoms with Crippen molar-refractivity contribution in [3.05, 3.63) is 0 Å². The molecule has 0 saturated heterocycles. The third-order valence-corrected chi connectivity index (χ3v) is 1.72. The Morgan fingerprint density at radius 3 is 2.80 bits per heavy atom. The van der Waals surface area contributed by atoms with Gasteiger partial charge in [0.15, 0.2) is 0 Å². The van der Waals surface area contributed by atoms with Gasteiger partial charge in [-0.1, -0.05) is 0 Å². The van der Waals surface area contributed by atoms with E-state index in [0.717, 1.165) is 19.2 Å². The SMILES string of the molecule is CCOC(C)CNC1CC1. The lowest BCUT2D eigenvalue weighted by molar-refractivity contribution is 0.0759. The van der Waals surface area contributed by atoms with Crippen molar-refractivity contribution in [3.8, 4) is 0 Å². The van der Waals surface area contributed by atoms with Crippen LogP contribution < -0.4 is 5.32 Å². The van der Waals surface area contributed by atoms with Gasteiger partial charge in [-0.05, 0) is 26.7 Å². The van der Waals surface area contributed by atoms with E-state index < -0.39 is 0 Å². The van der Waals surface area contributed by atoms with Crippen LogP contribution in [0.3, 0.4) is 0 Å². The van der Waals surface area contributed by atoms with Crippen molar-refractivity contribution in [1.82, 2.24) is 5.32 Å². The van der Waals surface area contributed by atoms with E-state index in [0.29, 0.717) is 6.10 Å². The van der Waals surface area contributed by atoms with Gasteiger partial charge < -0.3 is 10.1 Å². The molecule has 1 atom stereocenters. The highest BCUT2D eigenvalue weighted by molar-refractivity contribution is 4.81. The van der Waals surface area contributed by atoms with Crippen molar-refractivity contribution in [2.75, 3.05) is 13.2 Å². The van der Waals surface area contributed by atoms with Gasteiger partial charge in [0.05, 0.1) is 6.10 Å². The molecular formula is C8H17NO. The van der Waals surface area contributed by atoms with E-state index in [1.807, 2.05) is 6.92 Å². The minimum Gasteiger partial charge on any atom is -0.377 e. The molecule has 0 amide bonds. The summed E-state index contributed by atoms with van der Waals surface area (Å²) in [4.78, 5) is 0. The van der Waals surface area contributed by atoms with Crippen LogP contribution in [0.2, 0.25) is 0 Å². The molecule has 10 heavy (non-hydrogen) atoms. The first-order valence-corrected chi connectivity index (χ1v) is 4.18. The maximum absolute atomic E-state index is 5.36. The predicted octanol–water partition coefficient (Wildman–Crippen LogP) is 1.16. The average molecular weight is 143 g/mol. The van der Waals surface area contributed by atoms with Gasteiger partial charge in [0.25, 0.3) is 0 Å². The predicted molar refractivity (Wildman–Crippen MR) is 42.1 cm³/mol. The number of rotatable bonds is 5. The van der Waals surface area contributed by atoms with E-state index in [-0.39, 0.29) is 0 Å². The normalized spacial score (nSPS) is 21.0. The van der Waals surface area contributed by atoms with E-state index in [4.69, 9.17) is 4.74 Å². The van der Waals surface area contributed by atoms with Crippen LogP contribution in [0.25, 0.3) is 0 Å². The van der Waals surface area contributed by atoms with Crippen LogP contribution in [-0.4, -0.2) is 25.3 Å². The summed E-state index contributed by atoms with van der Waals surface area (Å²) in [5.41, 5.74) is 0. The lowest BCUT2D eigenvalue weighted by Crippen LogP contribution is -2.28. The zero-order chi connectivity index (χ0) is 7.40. The Labute approximate surface area is 63.0 Å². The van der Waals surface area contributed by atoms with Crippen LogP contribution in [0.1, 0.15) is 26.7 Å². The third kappa shape index (κ3) is 3.18. The van der Waals surface area contributed by atoms with E-state index in [9.17, 15) is 0 Å². The first-order chi connectivity index (χ1) is 4.83. The van der Waals surface area contributed by atoms with E-state index in [1.165, 1.54) is 12.8 Å². The second kappa shape index (κ2) is 3.94. The van der Waals surface area contributed by atoms with Gasteiger partial charge in [0.2, 0.25) is 0 Å². The Bertz CT molecular complexity index is 91.3. The van der Waals surface area contributed by atoms with Crippen LogP contribution in [0.4, 0.5) is 0 Å². The Morgan fingerprint density at radius 2 is 2.30 bits per heavy atom. The molecule has 1 fully saturated rings. The number of hydrogen-bond acceptors (Lipinski definition) is 2. The monoisotopic (exact) mass is 143 g/mol. The molecule has 1 N–H and O–H groups in total. The van der Waals surface area contributed by atoms with Crippen molar-refractivity contribution >= 4 is 0 Å². The maximum Gasteiger partial charge on any atom is 0.0671 e. The molecule has 1 rings (SSSR count). The summed E-state index contributed by atoms with van der Waals surface area (Å²) < 4.78 is 5.36. The second-order valence-electron chi connectivity index (χ2n) is 2.95. The minimum absolute atomic E-state index is 0.380. The second-order valence-corrected chi connectivity index (χ2v) is 2.95. The summed E-state index contributed by atoms with van der Waals surface area (Å²) in [5, 5.41) is 3.42. The Hall–Kier alpha value is -0.0800. The number of hydrogen-bond donors (Lipinski definition) is 1. The summed E-state index contributed by atoms with van der Waals surface area (Å²) in [6.07, 6.45) is 3.10. The van der Waals surface area contributed by atoms with Crippen LogP contribution in [0.5, 0.6) is 0 Å². The Kier molecular flexibility index (Phi) is 3.16. The average Bonchev–Trinajstić information content (AvgIpc) is 2.67. The lowest BCUT2D eigenvalue weighted by atomic mass is 10.4. The van der Waals surface area contributed by atoms with Gasteiger partial charge in [0.1, 0.15) is 0 Å². The quantitative estimate of drug-likeness (QED) is 0.623. The van der Waals surface area contributed by atoms with Crippen molar-refractivity contribution in [3.63, 3.8) is 0 Å². The summed E-state index contributed by atoms with van der Waals surface area (Å²) in [6, 6.07) is 0.808. The molecular weight excluding hydrogens is 126 g/mol. The highest BCUT2D eigenvalue weighted by Gasteiger charge is 2.20. The minimum atomic E-state index is 0.380. The highest BCUT2D eigenvalue weighted by atomic mass is 16.5. The van der Waals surface area contributed by atoms with Crippen molar-refractivity contribution < 1.29 is 4.74 Å². The molecule has 0 aromatic carbocycles. The molecule has 1 aliphatic carbocycles. The van der Waals surface area contributed by atoms with Gasteiger partial charge in [-0.15, -0.1) is 0 Å². The molecule has 0 aromatic heterocycles. The first kappa shape index (κ1) is 8.02. The smallest absolute Gasteiger partial charge is 0.0671 e. The van der Waals surface area contributed by atoms with Crippen molar-refractivity contribution in [1.29, 1.82) is 0 Å². The summed E-state index contributed by atoms with van der Waals surface area (Å²) in [7, 11) is 0. The molecule has 0 aliphatic heterocycles. The fourth-order valence-electron chi connectivity index (χ4n) is 0.964. The highest BCUT2D eigenvalue weighted by Crippen LogP contribution is 2.18. The lowest BCUT2D eigenvalue weighted by Gasteiger charge is -2.11. The molecule has 1 saturated carbocycles. The fourth-order valence-corrected chi connectivity index (χ4v) is 0.964. The zero-order valence-electron chi connectivity index (χ0n) is 6.89. The summed E-state index contributed by atoms with van der Waals surface area (Å²) in [5.74, 6) is 0. The van der Waals surface area contributed by atoms with Gasteiger partial charge in [-0.3, -0.25) is 0 Å². The molecule has 0 aromatic rings. The van der Waals surface area contributed by atoms with E-state index >= 15 is 0 Å². The summed E-state index contributed by atoms with van der Waals surface area (Å²) in [6.45, 7) is 5.98. The molecule has 1 aliphatic rings.